The molecule has 0 saturated carbocycles. The monoisotopic (exact) mass is 341 g/mol. The zero-order chi connectivity index (χ0) is 18.2. The average Bonchev–Trinajstić information content (AvgIpc) is 2.98. The van der Waals surface area contributed by atoms with Crippen molar-refractivity contribution in [1.29, 1.82) is 0 Å². The summed E-state index contributed by atoms with van der Waals surface area (Å²) in [7, 11) is 3.34. The number of unbranched alkanes of at least 4 members (excludes halogenated alkanes) is 1. The second kappa shape index (κ2) is 9.36. The molecule has 3 heteroatoms. The zero-order valence-corrected chi connectivity index (χ0v) is 16.2. The Morgan fingerprint density at radius 1 is 0.960 bits per heavy atom. The second-order valence-electron chi connectivity index (χ2n) is 6.85. The number of rotatable bonds is 9. The molecule has 0 aliphatic carbocycles. The predicted molar refractivity (Wildman–Crippen MR) is 107 cm³/mol. The van der Waals surface area contributed by atoms with Crippen LogP contribution >= 0.6 is 0 Å². The van der Waals surface area contributed by atoms with E-state index >= 15 is 0 Å². The van der Waals surface area contributed by atoms with Gasteiger partial charge >= 0.3 is 0 Å². The lowest BCUT2D eigenvalue weighted by molar-refractivity contribution is 0.356. The molecule has 1 heterocycles. The fraction of sp³-hybridized carbons (Fsp3) is 0.455. The van der Waals surface area contributed by atoms with Crippen molar-refractivity contribution in [2.24, 2.45) is 0 Å². The molecule has 1 aromatic carbocycles. The SMILES string of the molecule is COc1cc2cc(CCC/C=C(\C)CCC=C(C)C)[nH]c2cc1OC. The highest BCUT2D eigenvalue weighted by molar-refractivity contribution is 5.84. The number of methoxy groups -OCH3 is 2. The van der Waals surface area contributed by atoms with Gasteiger partial charge in [0.1, 0.15) is 0 Å². The molecule has 0 aliphatic heterocycles. The average molecular weight is 341 g/mol. The lowest BCUT2D eigenvalue weighted by atomic mass is 10.1. The van der Waals surface area contributed by atoms with E-state index in [1.165, 1.54) is 22.2 Å². The molecule has 3 nitrogen and oxygen atoms in total. The van der Waals surface area contributed by atoms with Crippen LogP contribution < -0.4 is 9.47 Å². The van der Waals surface area contributed by atoms with Gasteiger partial charge in [-0.25, -0.2) is 0 Å². The van der Waals surface area contributed by atoms with E-state index < -0.39 is 0 Å². The van der Waals surface area contributed by atoms with Crippen LogP contribution in [-0.2, 0) is 6.42 Å². The number of ether oxygens (including phenoxy) is 2. The molecule has 0 saturated heterocycles. The van der Waals surface area contributed by atoms with Crippen LogP contribution in [0.4, 0.5) is 0 Å². The van der Waals surface area contributed by atoms with E-state index in [0.29, 0.717) is 0 Å². The Hall–Kier alpha value is -2.16. The highest BCUT2D eigenvalue weighted by Crippen LogP contribution is 2.32. The zero-order valence-electron chi connectivity index (χ0n) is 16.2. The number of aromatic nitrogens is 1. The van der Waals surface area contributed by atoms with Gasteiger partial charge in [0.15, 0.2) is 11.5 Å². The summed E-state index contributed by atoms with van der Waals surface area (Å²) in [6.07, 6.45) is 10.3. The molecular weight excluding hydrogens is 310 g/mol. The Morgan fingerprint density at radius 3 is 2.36 bits per heavy atom. The number of nitrogens with one attached hydrogen (secondary N) is 1. The van der Waals surface area contributed by atoms with Crippen molar-refractivity contribution in [3.8, 4) is 11.5 Å². The minimum atomic E-state index is 0.762. The van der Waals surface area contributed by atoms with Crippen LogP contribution in [0.1, 0.15) is 52.1 Å². The lowest BCUT2D eigenvalue weighted by Gasteiger charge is -2.06. The summed E-state index contributed by atoms with van der Waals surface area (Å²) >= 11 is 0. The van der Waals surface area contributed by atoms with E-state index in [4.69, 9.17) is 9.47 Å². The molecule has 0 spiro atoms. The third kappa shape index (κ3) is 5.70. The molecule has 0 atom stereocenters. The van der Waals surface area contributed by atoms with Crippen LogP contribution in [0.15, 0.2) is 41.5 Å². The molecule has 136 valence electrons. The second-order valence-corrected chi connectivity index (χ2v) is 6.85. The molecule has 0 amide bonds. The van der Waals surface area contributed by atoms with Crippen LogP contribution in [0.5, 0.6) is 11.5 Å². The van der Waals surface area contributed by atoms with Gasteiger partial charge in [-0.1, -0.05) is 23.3 Å². The van der Waals surface area contributed by atoms with Crippen molar-refractivity contribution in [3.63, 3.8) is 0 Å². The third-order valence-electron chi connectivity index (χ3n) is 4.41. The molecule has 0 fully saturated rings. The first-order valence-corrected chi connectivity index (χ1v) is 9.06. The summed E-state index contributed by atoms with van der Waals surface area (Å²) < 4.78 is 10.7. The summed E-state index contributed by atoms with van der Waals surface area (Å²) in [5.41, 5.74) is 5.26. The fourth-order valence-corrected chi connectivity index (χ4v) is 2.99. The van der Waals surface area contributed by atoms with E-state index in [2.05, 4.69) is 44.0 Å². The quantitative estimate of drug-likeness (QED) is 0.435. The van der Waals surface area contributed by atoms with Gasteiger partial charge in [0.05, 0.1) is 14.2 Å². The maximum absolute atomic E-state index is 5.37. The largest absolute Gasteiger partial charge is 0.493 e. The minimum Gasteiger partial charge on any atom is -0.493 e. The molecule has 25 heavy (non-hydrogen) atoms. The Morgan fingerprint density at radius 2 is 1.68 bits per heavy atom. The van der Waals surface area contributed by atoms with Crippen LogP contribution in [0.25, 0.3) is 10.9 Å². The highest BCUT2D eigenvalue weighted by Gasteiger charge is 2.08. The van der Waals surface area contributed by atoms with Gasteiger partial charge in [0, 0.05) is 22.7 Å². The van der Waals surface area contributed by atoms with Crippen molar-refractivity contribution in [1.82, 2.24) is 4.98 Å². The van der Waals surface area contributed by atoms with Crippen LogP contribution in [0.3, 0.4) is 0 Å². The topological polar surface area (TPSA) is 34.2 Å². The number of H-pyrrole nitrogens is 1. The summed E-state index contributed by atoms with van der Waals surface area (Å²) in [6, 6.07) is 6.25. The molecule has 1 N–H and O–H groups in total. The maximum atomic E-state index is 5.37. The molecule has 0 radical (unpaired) electrons. The van der Waals surface area contributed by atoms with Crippen molar-refractivity contribution in [2.75, 3.05) is 14.2 Å². The molecule has 1 aromatic heterocycles. The van der Waals surface area contributed by atoms with Crippen LogP contribution in [0.2, 0.25) is 0 Å². The summed E-state index contributed by atoms with van der Waals surface area (Å²) in [5, 5.41) is 1.17. The smallest absolute Gasteiger partial charge is 0.162 e. The summed E-state index contributed by atoms with van der Waals surface area (Å²) in [4.78, 5) is 3.49. The Bertz CT molecular complexity index is 708. The van der Waals surface area contributed by atoms with Gasteiger partial charge in [0.25, 0.3) is 0 Å². The maximum Gasteiger partial charge on any atom is 0.162 e. The lowest BCUT2D eigenvalue weighted by Crippen LogP contribution is -1.89. The third-order valence-corrected chi connectivity index (χ3v) is 4.41. The van der Waals surface area contributed by atoms with E-state index in [9.17, 15) is 0 Å². The Labute approximate surface area is 151 Å². The summed E-state index contributed by atoms with van der Waals surface area (Å²) in [6.45, 7) is 6.55. The first-order chi connectivity index (χ1) is 12.0. The first-order valence-electron chi connectivity index (χ1n) is 9.06. The van der Waals surface area contributed by atoms with Crippen molar-refractivity contribution in [3.05, 3.63) is 47.2 Å². The van der Waals surface area contributed by atoms with Gasteiger partial charge in [-0.3, -0.25) is 0 Å². The molecule has 0 bridgehead atoms. The number of hydrogen-bond acceptors (Lipinski definition) is 2. The molecule has 2 aromatic rings. The van der Waals surface area contributed by atoms with Gasteiger partial charge in [-0.15, -0.1) is 0 Å². The minimum absolute atomic E-state index is 0.762. The van der Waals surface area contributed by atoms with E-state index in [1.807, 2.05) is 12.1 Å². The first kappa shape index (κ1) is 19.2. The molecule has 0 aliphatic rings. The Kier molecular flexibility index (Phi) is 7.17. The molecular formula is C22H31NO2. The standard InChI is InChI=1S/C22H31NO2/c1-16(2)9-8-11-17(3)10-6-7-12-19-13-18-14-21(24-4)22(25-5)15-20(18)23-19/h9-10,13-15,23H,6-8,11-12H2,1-5H3/b17-10+. The number of fused-ring (bicyclic) bond motifs is 1. The Balaban J connectivity index is 1.89. The van der Waals surface area contributed by atoms with E-state index in [0.717, 1.165) is 49.1 Å². The highest BCUT2D eigenvalue weighted by atomic mass is 16.5. The number of benzene rings is 1. The fourth-order valence-electron chi connectivity index (χ4n) is 2.99. The number of allylic oxidation sites excluding steroid dienone is 4. The predicted octanol–water partition coefficient (Wildman–Crippen LogP) is 6.20. The van der Waals surface area contributed by atoms with Crippen molar-refractivity contribution >= 4 is 10.9 Å². The van der Waals surface area contributed by atoms with Crippen LogP contribution in [-0.4, -0.2) is 19.2 Å². The van der Waals surface area contributed by atoms with Gasteiger partial charge < -0.3 is 14.5 Å². The summed E-state index contributed by atoms with van der Waals surface area (Å²) in [5.74, 6) is 1.54. The van der Waals surface area contributed by atoms with E-state index in [-0.39, 0.29) is 0 Å². The van der Waals surface area contributed by atoms with E-state index in [1.54, 1.807) is 14.2 Å². The van der Waals surface area contributed by atoms with Gasteiger partial charge in [0.2, 0.25) is 0 Å². The van der Waals surface area contributed by atoms with Crippen LogP contribution in [0, 0.1) is 0 Å². The van der Waals surface area contributed by atoms with Gasteiger partial charge in [-0.05, 0) is 65.0 Å². The van der Waals surface area contributed by atoms with Gasteiger partial charge in [-0.2, -0.15) is 0 Å². The normalized spacial score (nSPS) is 11.6. The van der Waals surface area contributed by atoms with Crippen molar-refractivity contribution in [2.45, 2.75) is 52.9 Å². The number of aryl methyl sites for hydroxylation is 1. The van der Waals surface area contributed by atoms with Crippen molar-refractivity contribution < 1.29 is 9.47 Å². The molecule has 2 rings (SSSR count). The number of aromatic amines is 1. The number of hydrogen-bond donors (Lipinski definition) is 1. The molecule has 0 unspecified atom stereocenters.